The van der Waals surface area contributed by atoms with Gasteiger partial charge in [-0.1, -0.05) is 36.4 Å². The number of rotatable bonds is 3. The van der Waals surface area contributed by atoms with Crippen molar-refractivity contribution in [2.75, 3.05) is 26.7 Å². The molecule has 1 fully saturated rings. The van der Waals surface area contributed by atoms with Crippen LogP contribution in [0.4, 0.5) is 0 Å². The molecular formula is C18H23N3. The molecule has 2 heterocycles. The van der Waals surface area contributed by atoms with Gasteiger partial charge in [-0.15, -0.1) is 0 Å². The molecular weight excluding hydrogens is 258 g/mol. The highest BCUT2D eigenvalue weighted by Crippen LogP contribution is 2.24. The van der Waals surface area contributed by atoms with E-state index in [0.717, 1.165) is 26.2 Å². The number of aryl methyl sites for hydroxylation is 1. The van der Waals surface area contributed by atoms with E-state index in [2.05, 4.69) is 65.2 Å². The minimum absolute atomic E-state index is 0.476. The molecule has 0 spiro atoms. The summed E-state index contributed by atoms with van der Waals surface area (Å²) in [6.07, 6.45) is 1.90. The highest BCUT2D eigenvalue weighted by atomic mass is 15.3. The Morgan fingerprint density at radius 2 is 1.90 bits per heavy atom. The first-order valence-electron chi connectivity index (χ1n) is 7.62. The van der Waals surface area contributed by atoms with Gasteiger partial charge in [0.15, 0.2) is 0 Å². The molecule has 2 aromatic rings. The Hall–Kier alpha value is -1.71. The van der Waals surface area contributed by atoms with Gasteiger partial charge in [0.05, 0.1) is 5.69 Å². The molecule has 1 saturated heterocycles. The van der Waals surface area contributed by atoms with Gasteiger partial charge >= 0.3 is 0 Å². The first kappa shape index (κ1) is 14.2. The number of nitrogens with zero attached hydrogens (tertiary/aromatic N) is 3. The first-order chi connectivity index (χ1) is 10.2. The Bertz CT molecular complexity index is 582. The molecule has 3 nitrogen and oxygen atoms in total. The van der Waals surface area contributed by atoms with E-state index in [-0.39, 0.29) is 0 Å². The van der Waals surface area contributed by atoms with E-state index in [1.807, 2.05) is 12.3 Å². The number of pyridine rings is 1. The Labute approximate surface area is 127 Å². The van der Waals surface area contributed by atoms with Crippen molar-refractivity contribution in [2.45, 2.75) is 19.5 Å². The summed E-state index contributed by atoms with van der Waals surface area (Å²) in [4.78, 5) is 9.51. The van der Waals surface area contributed by atoms with E-state index in [1.54, 1.807) is 0 Å². The van der Waals surface area contributed by atoms with E-state index >= 15 is 0 Å². The standard InChI is InChI=1S/C18H23N3/c1-15-7-6-10-19-17(15)13-21-12-11-20(2)18(14-21)16-8-4-3-5-9-16/h3-10,18H,11-14H2,1-2H3. The number of piperazine rings is 1. The topological polar surface area (TPSA) is 19.4 Å². The average molecular weight is 281 g/mol. The maximum absolute atomic E-state index is 4.53. The lowest BCUT2D eigenvalue weighted by Crippen LogP contribution is -2.46. The van der Waals surface area contributed by atoms with Crippen molar-refractivity contribution in [3.8, 4) is 0 Å². The lowest BCUT2D eigenvalue weighted by atomic mass is 10.0. The molecule has 1 aromatic carbocycles. The molecule has 0 aliphatic carbocycles. The zero-order valence-electron chi connectivity index (χ0n) is 12.9. The van der Waals surface area contributed by atoms with Crippen molar-refractivity contribution in [1.82, 2.24) is 14.8 Å². The predicted molar refractivity (Wildman–Crippen MR) is 86.1 cm³/mol. The highest BCUT2D eigenvalue weighted by molar-refractivity contribution is 5.21. The fourth-order valence-corrected chi connectivity index (χ4v) is 3.00. The Balaban J connectivity index is 1.73. The van der Waals surface area contributed by atoms with E-state index in [9.17, 15) is 0 Å². The second kappa shape index (κ2) is 6.37. The molecule has 0 saturated carbocycles. The van der Waals surface area contributed by atoms with Crippen LogP contribution in [0, 0.1) is 6.92 Å². The van der Waals surface area contributed by atoms with Crippen LogP contribution in [0.5, 0.6) is 0 Å². The second-order valence-corrected chi connectivity index (χ2v) is 5.91. The zero-order chi connectivity index (χ0) is 14.7. The largest absolute Gasteiger partial charge is 0.297 e. The fraction of sp³-hybridized carbons (Fsp3) is 0.389. The van der Waals surface area contributed by atoms with Crippen molar-refractivity contribution < 1.29 is 0 Å². The number of aromatic nitrogens is 1. The molecule has 3 heteroatoms. The Morgan fingerprint density at radius 3 is 2.67 bits per heavy atom. The third-order valence-corrected chi connectivity index (χ3v) is 4.41. The first-order valence-corrected chi connectivity index (χ1v) is 7.62. The summed E-state index contributed by atoms with van der Waals surface area (Å²) in [6, 6.07) is 15.4. The van der Waals surface area contributed by atoms with Gasteiger partial charge in [-0.3, -0.25) is 14.8 Å². The summed E-state index contributed by atoms with van der Waals surface area (Å²) in [5.74, 6) is 0. The van der Waals surface area contributed by atoms with Gasteiger partial charge in [0.25, 0.3) is 0 Å². The monoisotopic (exact) mass is 281 g/mol. The third-order valence-electron chi connectivity index (χ3n) is 4.41. The van der Waals surface area contributed by atoms with Crippen LogP contribution in [0.2, 0.25) is 0 Å². The molecule has 0 radical (unpaired) electrons. The Kier molecular flexibility index (Phi) is 4.32. The van der Waals surface area contributed by atoms with E-state index in [0.29, 0.717) is 6.04 Å². The lowest BCUT2D eigenvalue weighted by molar-refractivity contribution is 0.0895. The van der Waals surface area contributed by atoms with Gasteiger partial charge in [0.1, 0.15) is 0 Å². The van der Waals surface area contributed by atoms with Gasteiger partial charge in [0, 0.05) is 38.4 Å². The normalized spacial score (nSPS) is 20.6. The number of likely N-dealkylation sites (N-methyl/N-ethyl adjacent to an activating group) is 1. The minimum Gasteiger partial charge on any atom is -0.297 e. The minimum atomic E-state index is 0.476. The summed E-state index contributed by atoms with van der Waals surface area (Å²) >= 11 is 0. The van der Waals surface area contributed by atoms with Crippen molar-refractivity contribution in [1.29, 1.82) is 0 Å². The average Bonchev–Trinajstić information content (AvgIpc) is 2.52. The van der Waals surface area contributed by atoms with Crippen molar-refractivity contribution in [2.24, 2.45) is 0 Å². The molecule has 3 rings (SSSR count). The van der Waals surface area contributed by atoms with Crippen LogP contribution in [0.25, 0.3) is 0 Å². The molecule has 0 amide bonds. The lowest BCUT2D eigenvalue weighted by Gasteiger charge is -2.39. The van der Waals surface area contributed by atoms with Gasteiger partial charge in [0.2, 0.25) is 0 Å². The van der Waals surface area contributed by atoms with Crippen LogP contribution in [0.1, 0.15) is 22.9 Å². The van der Waals surface area contributed by atoms with Crippen molar-refractivity contribution in [3.05, 3.63) is 65.5 Å². The predicted octanol–water partition coefficient (Wildman–Crippen LogP) is 2.88. The zero-order valence-corrected chi connectivity index (χ0v) is 12.9. The molecule has 1 aromatic heterocycles. The summed E-state index contributed by atoms with van der Waals surface area (Å²) in [5.41, 5.74) is 3.89. The highest BCUT2D eigenvalue weighted by Gasteiger charge is 2.25. The Morgan fingerprint density at radius 1 is 1.10 bits per heavy atom. The van der Waals surface area contributed by atoms with Crippen LogP contribution < -0.4 is 0 Å². The second-order valence-electron chi connectivity index (χ2n) is 5.91. The van der Waals surface area contributed by atoms with Crippen LogP contribution in [-0.2, 0) is 6.54 Å². The molecule has 1 aliphatic heterocycles. The molecule has 1 unspecified atom stereocenters. The van der Waals surface area contributed by atoms with Crippen LogP contribution in [0.3, 0.4) is 0 Å². The summed E-state index contributed by atoms with van der Waals surface area (Å²) in [6.45, 7) is 6.37. The molecule has 0 N–H and O–H groups in total. The smallest absolute Gasteiger partial charge is 0.0573 e. The van der Waals surface area contributed by atoms with E-state index < -0.39 is 0 Å². The maximum Gasteiger partial charge on any atom is 0.0573 e. The molecule has 21 heavy (non-hydrogen) atoms. The van der Waals surface area contributed by atoms with Gasteiger partial charge in [-0.25, -0.2) is 0 Å². The van der Waals surface area contributed by atoms with Gasteiger partial charge in [-0.2, -0.15) is 0 Å². The summed E-state index contributed by atoms with van der Waals surface area (Å²) < 4.78 is 0. The third kappa shape index (κ3) is 3.31. The SMILES string of the molecule is Cc1cccnc1CN1CCN(C)C(c2ccccc2)C1. The molecule has 1 aliphatic rings. The van der Waals surface area contributed by atoms with Crippen LogP contribution >= 0.6 is 0 Å². The number of benzene rings is 1. The quantitative estimate of drug-likeness (QED) is 0.862. The molecule has 1 atom stereocenters. The van der Waals surface area contributed by atoms with E-state index in [4.69, 9.17) is 0 Å². The van der Waals surface area contributed by atoms with Crippen molar-refractivity contribution >= 4 is 0 Å². The summed E-state index contributed by atoms with van der Waals surface area (Å²) in [7, 11) is 2.22. The maximum atomic E-state index is 4.53. The summed E-state index contributed by atoms with van der Waals surface area (Å²) in [5, 5.41) is 0. The van der Waals surface area contributed by atoms with Gasteiger partial charge < -0.3 is 0 Å². The molecule has 0 bridgehead atoms. The van der Waals surface area contributed by atoms with Crippen molar-refractivity contribution in [3.63, 3.8) is 0 Å². The van der Waals surface area contributed by atoms with Crippen LogP contribution in [0.15, 0.2) is 48.7 Å². The van der Waals surface area contributed by atoms with E-state index in [1.165, 1.54) is 16.8 Å². The fourth-order valence-electron chi connectivity index (χ4n) is 3.00. The number of hydrogen-bond acceptors (Lipinski definition) is 3. The van der Waals surface area contributed by atoms with Gasteiger partial charge in [-0.05, 0) is 31.2 Å². The van der Waals surface area contributed by atoms with Crippen LogP contribution in [-0.4, -0.2) is 41.5 Å². The molecule has 110 valence electrons. The number of hydrogen-bond donors (Lipinski definition) is 0.